The van der Waals surface area contributed by atoms with Crippen LogP contribution in [0.2, 0.25) is 0 Å². The van der Waals surface area contributed by atoms with E-state index < -0.39 is 5.97 Å². The first-order valence-electron chi connectivity index (χ1n) is 4.06. The monoisotopic (exact) mass is 198 g/mol. The fourth-order valence-corrected chi connectivity index (χ4v) is 2.58. The van der Waals surface area contributed by atoms with Crippen molar-refractivity contribution in [3.05, 3.63) is 17.0 Å². The highest BCUT2D eigenvalue weighted by atomic mass is 32.2. The lowest BCUT2D eigenvalue weighted by atomic mass is 10.1. The van der Waals surface area contributed by atoms with Crippen LogP contribution in [0.15, 0.2) is 0 Å². The number of carboxylic acid groups (broad SMARTS) is 1. The summed E-state index contributed by atoms with van der Waals surface area (Å²) in [6.45, 7) is 0. The highest BCUT2D eigenvalue weighted by Crippen LogP contribution is 2.26. The minimum atomic E-state index is -0.876. The maximum Gasteiger partial charge on any atom is 0.354 e. The molecule has 0 fully saturated rings. The van der Waals surface area contributed by atoms with Crippen molar-refractivity contribution in [2.24, 2.45) is 7.05 Å². The predicted molar refractivity (Wildman–Crippen MR) is 50.0 cm³/mol. The number of aromatic nitrogens is 2. The van der Waals surface area contributed by atoms with E-state index in [1.807, 2.05) is 0 Å². The van der Waals surface area contributed by atoms with Crippen LogP contribution in [0.4, 0.5) is 0 Å². The van der Waals surface area contributed by atoms with Crippen LogP contribution in [-0.4, -0.2) is 26.6 Å². The van der Waals surface area contributed by atoms with Gasteiger partial charge in [0.1, 0.15) is 5.69 Å². The van der Waals surface area contributed by atoms with E-state index in [9.17, 15) is 4.79 Å². The van der Waals surface area contributed by atoms with Gasteiger partial charge in [0.25, 0.3) is 0 Å². The SMILES string of the molecule is Cn1nc2c(c1C(=O)O)CSCC2. The molecule has 1 aliphatic heterocycles. The maximum absolute atomic E-state index is 10.9. The van der Waals surface area contributed by atoms with Crippen molar-refractivity contribution in [1.82, 2.24) is 9.78 Å². The largest absolute Gasteiger partial charge is 0.477 e. The van der Waals surface area contributed by atoms with Gasteiger partial charge in [0.05, 0.1) is 5.69 Å². The van der Waals surface area contributed by atoms with Gasteiger partial charge in [0.15, 0.2) is 0 Å². The molecule has 0 saturated carbocycles. The number of hydrogen-bond donors (Lipinski definition) is 1. The standard InChI is InChI=1S/C8H10N2O2S/c1-10-7(8(11)12)5-4-13-3-2-6(5)9-10/h2-4H2,1H3,(H,11,12). The van der Waals surface area contributed by atoms with Gasteiger partial charge in [-0.25, -0.2) is 4.79 Å². The molecule has 70 valence electrons. The molecule has 0 aliphatic carbocycles. The lowest BCUT2D eigenvalue weighted by Gasteiger charge is -2.08. The van der Waals surface area contributed by atoms with Gasteiger partial charge < -0.3 is 5.11 Å². The highest BCUT2D eigenvalue weighted by Gasteiger charge is 2.23. The van der Waals surface area contributed by atoms with E-state index in [0.29, 0.717) is 5.69 Å². The Bertz CT molecular complexity index is 359. The van der Waals surface area contributed by atoms with Crippen LogP contribution >= 0.6 is 11.8 Å². The van der Waals surface area contributed by atoms with Crippen molar-refractivity contribution in [3.63, 3.8) is 0 Å². The molecule has 1 N–H and O–H groups in total. The number of aromatic carboxylic acids is 1. The molecular formula is C8H10N2O2S. The molecule has 0 saturated heterocycles. The summed E-state index contributed by atoms with van der Waals surface area (Å²) < 4.78 is 1.47. The van der Waals surface area contributed by atoms with Gasteiger partial charge in [-0.1, -0.05) is 0 Å². The van der Waals surface area contributed by atoms with Crippen LogP contribution < -0.4 is 0 Å². The molecule has 0 bridgehead atoms. The Morgan fingerprint density at radius 2 is 2.46 bits per heavy atom. The van der Waals surface area contributed by atoms with Gasteiger partial charge in [0, 0.05) is 24.8 Å². The van der Waals surface area contributed by atoms with E-state index in [2.05, 4.69) is 5.10 Å². The molecule has 5 heteroatoms. The minimum Gasteiger partial charge on any atom is -0.477 e. The quantitative estimate of drug-likeness (QED) is 0.728. The van der Waals surface area contributed by atoms with Gasteiger partial charge in [0.2, 0.25) is 0 Å². The summed E-state index contributed by atoms with van der Waals surface area (Å²) in [7, 11) is 1.69. The second-order valence-electron chi connectivity index (χ2n) is 3.01. The number of fused-ring (bicyclic) bond motifs is 1. The molecule has 4 nitrogen and oxygen atoms in total. The van der Waals surface area contributed by atoms with Crippen molar-refractivity contribution < 1.29 is 9.90 Å². The molecule has 0 aromatic carbocycles. The number of thioether (sulfide) groups is 1. The van der Waals surface area contributed by atoms with E-state index in [-0.39, 0.29) is 0 Å². The zero-order valence-electron chi connectivity index (χ0n) is 7.28. The molecule has 0 atom stereocenters. The summed E-state index contributed by atoms with van der Waals surface area (Å²) in [4.78, 5) is 10.9. The summed E-state index contributed by atoms with van der Waals surface area (Å²) in [5.41, 5.74) is 2.21. The summed E-state index contributed by atoms with van der Waals surface area (Å²) in [6.07, 6.45) is 0.890. The molecule has 0 unspecified atom stereocenters. The maximum atomic E-state index is 10.9. The first-order valence-corrected chi connectivity index (χ1v) is 5.21. The fourth-order valence-electron chi connectivity index (χ4n) is 1.59. The smallest absolute Gasteiger partial charge is 0.354 e. The third-order valence-corrected chi connectivity index (χ3v) is 3.15. The average molecular weight is 198 g/mol. The van der Waals surface area contributed by atoms with Crippen molar-refractivity contribution >= 4 is 17.7 Å². The van der Waals surface area contributed by atoms with Gasteiger partial charge in [-0.05, 0) is 5.75 Å². The van der Waals surface area contributed by atoms with E-state index in [4.69, 9.17) is 5.11 Å². The predicted octanol–water partition coefficient (Wildman–Crippen LogP) is 0.908. The Kier molecular flexibility index (Phi) is 2.03. The summed E-state index contributed by atoms with van der Waals surface area (Å²) in [6, 6.07) is 0. The normalized spacial score (nSPS) is 15.5. The van der Waals surface area contributed by atoms with Crippen LogP contribution in [0.3, 0.4) is 0 Å². The van der Waals surface area contributed by atoms with Crippen LogP contribution in [0.25, 0.3) is 0 Å². The molecule has 13 heavy (non-hydrogen) atoms. The number of carboxylic acids is 1. The molecule has 0 radical (unpaired) electrons. The van der Waals surface area contributed by atoms with Crippen molar-refractivity contribution in [1.29, 1.82) is 0 Å². The minimum absolute atomic E-state index is 0.349. The van der Waals surface area contributed by atoms with E-state index in [1.165, 1.54) is 4.68 Å². The fraction of sp³-hybridized carbons (Fsp3) is 0.500. The van der Waals surface area contributed by atoms with Gasteiger partial charge in [-0.15, -0.1) is 0 Å². The van der Waals surface area contributed by atoms with E-state index in [1.54, 1.807) is 18.8 Å². The second kappa shape index (κ2) is 3.06. The van der Waals surface area contributed by atoms with Gasteiger partial charge >= 0.3 is 5.97 Å². The first-order chi connectivity index (χ1) is 6.20. The Morgan fingerprint density at radius 3 is 3.15 bits per heavy atom. The van der Waals surface area contributed by atoms with Crippen LogP contribution in [0, 0.1) is 0 Å². The topological polar surface area (TPSA) is 55.1 Å². The molecule has 0 spiro atoms. The van der Waals surface area contributed by atoms with Crippen molar-refractivity contribution in [2.45, 2.75) is 12.2 Å². The zero-order valence-corrected chi connectivity index (χ0v) is 8.10. The molecule has 1 aromatic rings. The number of aryl methyl sites for hydroxylation is 2. The van der Waals surface area contributed by atoms with E-state index in [0.717, 1.165) is 29.2 Å². The van der Waals surface area contributed by atoms with Crippen LogP contribution in [0.5, 0.6) is 0 Å². The van der Waals surface area contributed by atoms with E-state index >= 15 is 0 Å². The molecule has 0 amide bonds. The van der Waals surface area contributed by atoms with Gasteiger partial charge in [-0.2, -0.15) is 16.9 Å². The Balaban J connectivity index is 2.54. The molecule has 1 aromatic heterocycles. The first kappa shape index (κ1) is 8.62. The number of rotatable bonds is 1. The van der Waals surface area contributed by atoms with Crippen molar-refractivity contribution in [3.8, 4) is 0 Å². The lowest BCUT2D eigenvalue weighted by molar-refractivity contribution is 0.0684. The van der Waals surface area contributed by atoms with Gasteiger partial charge in [-0.3, -0.25) is 4.68 Å². The highest BCUT2D eigenvalue weighted by molar-refractivity contribution is 7.98. The molecular weight excluding hydrogens is 188 g/mol. The third kappa shape index (κ3) is 1.33. The summed E-state index contributed by atoms with van der Waals surface area (Å²) >= 11 is 1.77. The Morgan fingerprint density at radius 1 is 1.69 bits per heavy atom. The number of carbonyl (C=O) groups is 1. The van der Waals surface area contributed by atoms with Crippen LogP contribution in [0.1, 0.15) is 21.7 Å². The molecule has 1 aliphatic rings. The summed E-state index contributed by atoms with van der Waals surface area (Å²) in [5.74, 6) is 0.951. The third-order valence-electron chi connectivity index (χ3n) is 2.16. The average Bonchev–Trinajstić information content (AvgIpc) is 2.39. The van der Waals surface area contributed by atoms with Crippen LogP contribution in [-0.2, 0) is 19.2 Å². The molecule has 2 rings (SSSR count). The number of nitrogens with zero attached hydrogens (tertiary/aromatic N) is 2. The number of hydrogen-bond acceptors (Lipinski definition) is 3. The summed E-state index contributed by atoms with van der Waals surface area (Å²) in [5, 5.41) is 13.1. The zero-order chi connectivity index (χ0) is 9.42. The Labute approximate surface area is 79.9 Å². The Hall–Kier alpha value is -0.970. The molecule has 2 heterocycles. The van der Waals surface area contributed by atoms with Crippen molar-refractivity contribution in [2.75, 3.05) is 5.75 Å². The lowest BCUT2D eigenvalue weighted by Crippen LogP contribution is -2.08. The second-order valence-corrected chi connectivity index (χ2v) is 4.11.